The third kappa shape index (κ3) is 6.72. The average Bonchev–Trinajstić information content (AvgIpc) is 3.27. The lowest BCUT2D eigenvalue weighted by Gasteiger charge is -2.24. The van der Waals surface area contributed by atoms with Gasteiger partial charge in [-0.25, -0.2) is 0 Å². The van der Waals surface area contributed by atoms with Crippen LogP contribution in [0.25, 0.3) is 0 Å². The Balaban J connectivity index is 2.04. The van der Waals surface area contributed by atoms with Crippen LogP contribution >= 0.6 is 11.6 Å². The molecule has 0 saturated heterocycles. The lowest BCUT2D eigenvalue weighted by Crippen LogP contribution is -2.30. The summed E-state index contributed by atoms with van der Waals surface area (Å²) < 4.78 is 42.2. The third-order valence-corrected chi connectivity index (χ3v) is 4.50. The number of anilines is 1. The van der Waals surface area contributed by atoms with Crippen LogP contribution in [0.2, 0.25) is 5.02 Å². The molecule has 0 atom stereocenters. The fourth-order valence-electron chi connectivity index (χ4n) is 2.63. The number of rotatable bonds is 6. The number of benzene rings is 1. The van der Waals surface area contributed by atoms with Crippen LogP contribution in [-0.4, -0.2) is 23.7 Å². The Morgan fingerprint density at radius 1 is 1.22 bits per heavy atom. The molecule has 1 saturated carbocycles. The first-order valence-corrected chi connectivity index (χ1v) is 9.06. The number of halogens is 4. The second-order valence-corrected chi connectivity index (χ2v) is 8.34. The number of hydrogen-bond acceptors (Lipinski definition) is 3. The molecule has 1 aliphatic carbocycles. The zero-order valence-corrected chi connectivity index (χ0v) is 16.3. The summed E-state index contributed by atoms with van der Waals surface area (Å²) in [6.45, 7) is 5.41. The molecular weight excluding hydrogens is 383 g/mol. The van der Waals surface area contributed by atoms with E-state index in [-0.39, 0.29) is 16.7 Å². The monoisotopic (exact) mass is 405 g/mol. The van der Waals surface area contributed by atoms with E-state index in [2.05, 4.69) is 5.32 Å². The van der Waals surface area contributed by atoms with Gasteiger partial charge >= 0.3 is 12.1 Å². The van der Waals surface area contributed by atoms with Crippen molar-refractivity contribution in [2.75, 3.05) is 5.32 Å². The zero-order chi connectivity index (χ0) is 20.5. The summed E-state index contributed by atoms with van der Waals surface area (Å²) in [5, 5.41) is 2.63. The van der Waals surface area contributed by atoms with Gasteiger partial charge in [0, 0.05) is 6.42 Å². The quantitative estimate of drug-likeness (QED) is 0.654. The number of nitrogens with one attached hydrogen (secondary N) is 1. The van der Waals surface area contributed by atoms with Crippen molar-refractivity contribution in [2.24, 2.45) is 5.41 Å². The maximum absolute atomic E-state index is 12.4. The lowest BCUT2D eigenvalue weighted by molar-refractivity contribution is -0.161. The standard InChI is InChI=1S/C19H23ClF3NO3/c1-17(2,3)27-16(26)18(8-9-18)11-12-4-5-13(20)14(10-12)24-15(25)6-7-19(21,22)23/h4-5,10H,6-9,11H2,1-3H3,(H,24,25). The molecule has 0 spiro atoms. The van der Waals surface area contributed by atoms with Gasteiger partial charge in [0.1, 0.15) is 5.60 Å². The summed E-state index contributed by atoms with van der Waals surface area (Å²) >= 11 is 6.04. The van der Waals surface area contributed by atoms with E-state index in [9.17, 15) is 22.8 Å². The Bertz CT molecular complexity index is 722. The Labute approximate surface area is 161 Å². The molecule has 4 nitrogen and oxygen atoms in total. The van der Waals surface area contributed by atoms with E-state index in [0.29, 0.717) is 19.3 Å². The molecule has 150 valence electrons. The van der Waals surface area contributed by atoms with Gasteiger partial charge in [0.25, 0.3) is 0 Å². The molecular formula is C19H23ClF3NO3. The van der Waals surface area contributed by atoms with Crippen molar-refractivity contribution in [3.8, 4) is 0 Å². The Morgan fingerprint density at radius 3 is 2.37 bits per heavy atom. The normalized spacial score (nSPS) is 16.0. The molecule has 0 bridgehead atoms. The van der Waals surface area contributed by atoms with Crippen LogP contribution in [0, 0.1) is 5.41 Å². The molecule has 0 radical (unpaired) electrons. The molecule has 0 heterocycles. The van der Waals surface area contributed by atoms with Gasteiger partial charge in [-0.3, -0.25) is 9.59 Å². The van der Waals surface area contributed by atoms with Gasteiger partial charge in [-0.05, 0) is 57.7 Å². The fourth-order valence-corrected chi connectivity index (χ4v) is 2.79. The maximum Gasteiger partial charge on any atom is 0.389 e. The molecule has 2 rings (SSSR count). The SMILES string of the molecule is CC(C)(C)OC(=O)C1(Cc2ccc(Cl)c(NC(=O)CCC(F)(F)F)c2)CC1. The second kappa shape index (κ2) is 7.70. The zero-order valence-electron chi connectivity index (χ0n) is 15.5. The van der Waals surface area contributed by atoms with E-state index >= 15 is 0 Å². The Morgan fingerprint density at radius 2 is 1.85 bits per heavy atom. The number of alkyl halides is 3. The number of hydrogen-bond donors (Lipinski definition) is 1. The summed E-state index contributed by atoms with van der Waals surface area (Å²) in [5.74, 6) is -1.03. The highest BCUT2D eigenvalue weighted by molar-refractivity contribution is 6.33. The summed E-state index contributed by atoms with van der Waals surface area (Å²) in [4.78, 5) is 24.2. The van der Waals surface area contributed by atoms with Crippen molar-refractivity contribution in [1.82, 2.24) is 0 Å². The maximum atomic E-state index is 12.4. The van der Waals surface area contributed by atoms with Crippen LogP contribution < -0.4 is 5.32 Å². The molecule has 1 amide bonds. The van der Waals surface area contributed by atoms with Gasteiger partial charge in [-0.2, -0.15) is 13.2 Å². The second-order valence-electron chi connectivity index (χ2n) is 7.94. The summed E-state index contributed by atoms with van der Waals surface area (Å²) in [7, 11) is 0. The molecule has 1 aromatic rings. The molecule has 0 aromatic heterocycles. The predicted octanol–water partition coefficient (Wildman–Crippen LogP) is 5.29. The molecule has 0 unspecified atom stereocenters. The van der Waals surface area contributed by atoms with E-state index in [4.69, 9.17) is 16.3 Å². The van der Waals surface area contributed by atoms with Crippen molar-refractivity contribution >= 4 is 29.2 Å². The van der Waals surface area contributed by atoms with Crippen LogP contribution in [-0.2, 0) is 20.7 Å². The lowest BCUT2D eigenvalue weighted by atomic mass is 9.96. The van der Waals surface area contributed by atoms with Crippen molar-refractivity contribution in [3.63, 3.8) is 0 Å². The number of carbonyl (C=O) groups excluding carboxylic acids is 2. The predicted molar refractivity (Wildman–Crippen MR) is 96.6 cm³/mol. The van der Waals surface area contributed by atoms with Gasteiger partial charge in [-0.1, -0.05) is 17.7 Å². The molecule has 0 aliphatic heterocycles. The first-order valence-electron chi connectivity index (χ1n) is 8.68. The molecule has 1 fully saturated rings. The van der Waals surface area contributed by atoms with Crippen LogP contribution in [0.4, 0.5) is 18.9 Å². The highest BCUT2D eigenvalue weighted by Crippen LogP contribution is 2.50. The molecule has 8 heteroatoms. The first kappa shape index (κ1) is 21.5. The molecule has 1 N–H and O–H groups in total. The highest BCUT2D eigenvalue weighted by atomic mass is 35.5. The van der Waals surface area contributed by atoms with E-state index in [1.165, 1.54) is 0 Å². The number of esters is 1. The minimum atomic E-state index is -4.39. The van der Waals surface area contributed by atoms with Crippen molar-refractivity contribution < 1.29 is 27.5 Å². The van der Waals surface area contributed by atoms with Crippen molar-refractivity contribution in [1.29, 1.82) is 0 Å². The van der Waals surface area contributed by atoms with E-state index in [0.717, 1.165) is 5.56 Å². The highest BCUT2D eigenvalue weighted by Gasteiger charge is 2.52. The van der Waals surface area contributed by atoms with Gasteiger partial charge in [0.15, 0.2) is 0 Å². The number of carbonyl (C=O) groups is 2. The summed E-state index contributed by atoms with van der Waals surface area (Å²) in [6.07, 6.45) is -4.43. The van der Waals surface area contributed by atoms with E-state index in [1.54, 1.807) is 39.0 Å². The Kier molecular flexibility index (Phi) is 6.14. The minimum Gasteiger partial charge on any atom is -0.460 e. The van der Waals surface area contributed by atoms with Crippen LogP contribution in [0.1, 0.15) is 52.0 Å². The van der Waals surface area contributed by atoms with Gasteiger partial charge in [-0.15, -0.1) is 0 Å². The minimum absolute atomic E-state index is 0.223. The van der Waals surface area contributed by atoms with Crippen molar-refractivity contribution in [2.45, 2.75) is 64.7 Å². The average molecular weight is 406 g/mol. The van der Waals surface area contributed by atoms with Crippen molar-refractivity contribution in [3.05, 3.63) is 28.8 Å². The molecule has 1 aromatic carbocycles. The fraction of sp³-hybridized carbons (Fsp3) is 0.579. The first-order chi connectivity index (χ1) is 12.3. The summed E-state index contributed by atoms with van der Waals surface area (Å²) in [6, 6.07) is 4.89. The van der Waals surface area contributed by atoms with Gasteiger partial charge in [0.05, 0.1) is 22.5 Å². The molecule has 1 aliphatic rings. The van der Waals surface area contributed by atoms with E-state index < -0.39 is 35.9 Å². The Hall–Kier alpha value is -1.76. The number of ether oxygens (including phenoxy) is 1. The topological polar surface area (TPSA) is 55.4 Å². The largest absolute Gasteiger partial charge is 0.460 e. The van der Waals surface area contributed by atoms with Gasteiger partial charge in [0.2, 0.25) is 5.91 Å². The summed E-state index contributed by atoms with van der Waals surface area (Å²) in [5.41, 5.74) is -0.168. The molecule has 27 heavy (non-hydrogen) atoms. The van der Waals surface area contributed by atoms with Crippen LogP contribution in [0.15, 0.2) is 18.2 Å². The van der Waals surface area contributed by atoms with Crippen LogP contribution in [0.5, 0.6) is 0 Å². The van der Waals surface area contributed by atoms with E-state index in [1.807, 2.05) is 0 Å². The third-order valence-electron chi connectivity index (χ3n) is 4.17. The van der Waals surface area contributed by atoms with Crippen LogP contribution in [0.3, 0.4) is 0 Å². The smallest absolute Gasteiger partial charge is 0.389 e. The van der Waals surface area contributed by atoms with Gasteiger partial charge < -0.3 is 10.1 Å². The number of amides is 1.